The molecular weight excluding hydrogens is 462 g/mol. The molecule has 2 atom stereocenters. The molecule has 0 bridgehead atoms. The number of carbonyl (C=O) groups is 2. The van der Waals surface area contributed by atoms with Gasteiger partial charge in [0.05, 0.1) is 0 Å². The molecule has 0 N–H and O–H groups in total. The lowest BCUT2D eigenvalue weighted by Gasteiger charge is -2.34. The van der Waals surface area contributed by atoms with E-state index in [1.165, 1.54) is 28.9 Å². The van der Waals surface area contributed by atoms with E-state index >= 15 is 0 Å². The first-order chi connectivity index (χ1) is 16.5. The zero-order chi connectivity index (χ0) is 23.7. The van der Waals surface area contributed by atoms with Gasteiger partial charge in [-0.15, -0.1) is 12.4 Å². The number of nitrogens with zero attached hydrogens (tertiary/aromatic N) is 3. The van der Waals surface area contributed by atoms with Gasteiger partial charge in [0.1, 0.15) is 5.75 Å². The van der Waals surface area contributed by atoms with Crippen LogP contribution in [0, 0.1) is 0 Å². The fraction of sp³-hybridized carbons (Fsp3) is 0.500. The first kappa shape index (κ1) is 25.5. The summed E-state index contributed by atoms with van der Waals surface area (Å²) in [5.74, 6) is 1.45. The van der Waals surface area contributed by atoms with Crippen molar-refractivity contribution in [2.24, 2.45) is 0 Å². The third-order valence-electron chi connectivity index (χ3n) is 7.75. The van der Waals surface area contributed by atoms with Gasteiger partial charge in [-0.05, 0) is 74.0 Å². The molecule has 7 heteroatoms. The van der Waals surface area contributed by atoms with E-state index in [1.807, 2.05) is 35.2 Å². The SMILES string of the molecule is CN(C)C(=O)Oc1cccc2c1CC[C@@H]1[C@H]2CCN1CCCCCN1Cc2ccccc2C1=O.Cl. The van der Waals surface area contributed by atoms with E-state index in [9.17, 15) is 9.59 Å². The highest BCUT2D eigenvalue weighted by molar-refractivity contribution is 5.98. The van der Waals surface area contributed by atoms with E-state index in [2.05, 4.69) is 17.0 Å². The molecule has 3 aliphatic rings. The van der Waals surface area contributed by atoms with Gasteiger partial charge in [-0.2, -0.15) is 0 Å². The van der Waals surface area contributed by atoms with Gasteiger partial charge >= 0.3 is 6.09 Å². The zero-order valence-electron chi connectivity index (χ0n) is 20.7. The lowest BCUT2D eigenvalue weighted by molar-refractivity contribution is 0.0775. The maximum absolute atomic E-state index is 12.5. The van der Waals surface area contributed by atoms with Crippen LogP contribution >= 0.6 is 12.4 Å². The highest BCUT2D eigenvalue weighted by Gasteiger charge is 2.39. The summed E-state index contributed by atoms with van der Waals surface area (Å²) < 4.78 is 5.66. The number of hydrogen-bond acceptors (Lipinski definition) is 4. The van der Waals surface area contributed by atoms with Gasteiger partial charge in [0.25, 0.3) is 5.91 Å². The number of likely N-dealkylation sites (tertiary alicyclic amines) is 1. The Kier molecular flexibility index (Phi) is 8.02. The van der Waals surface area contributed by atoms with E-state index in [1.54, 1.807) is 14.1 Å². The highest BCUT2D eigenvalue weighted by atomic mass is 35.5. The van der Waals surface area contributed by atoms with E-state index in [0.29, 0.717) is 12.0 Å². The maximum atomic E-state index is 12.5. The van der Waals surface area contributed by atoms with E-state index in [4.69, 9.17) is 4.74 Å². The first-order valence-corrected chi connectivity index (χ1v) is 12.6. The molecule has 188 valence electrons. The summed E-state index contributed by atoms with van der Waals surface area (Å²) in [6.45, 7) is 3.87. The Morgan fingerprint density at radius 1 is 1.03 bits per heavy atom. The summed E-state index contributed by atoms with van der Waals surface area (Å²) in [6.07, 6.45) is 6.31. The van der Waals surface area contributed by atoms with Crippen LogP contribution in [0.1, 0.15) is 65.1 Å². The van der Waals surface area contributed by atoms with Crippen LogP contribution in [0.3, 0.4) is 0 Å². The molecule has 5 rings (SSSR count). The van der Waals surface area contributed by atoms with Crippen LogP contribution in [-0.4, -0.2) is 66.5 Å². The molecule has 2 aliphatic heterocycles. The van der Waals surface area contributed by atoms with Crippen LogP contribution < -0.4 is 4.74 Å². The normalized spacial score (nSPS) is 20.6. The number of benzene rings is 2. The minimum absolute atomic E-state index is 0. The fourth-order valence-electron chi connectivity index (χ4n) is 6.00. The van der Waals surface area contributed by atoms with Crippen molar-refractivity contribution >= 4 is 24.4 Å². The van der Waals surface area contributed by atoms with Gasteiger partial charge in [-0.25, -0.2) is 4.79 Å². The predicted molar refractivity (Wildman–Crippen MR) is 139 cm³/mol. The zero-order valence-corrected chi connectivity index (χ0v) is 21.6. The molecule has 2 aromatic carbocycles. The standard InChI is InChI=1S/C28H35N3O3.ClH/c1-29(2)28(33)34-26-12-8-11-22-23-15-18-30(25(23)14-13-24(22)26)16-6-3-7-17-31-19-20-9-4-5-10-21(20)27(31)32;/h4-5,8-12,23,25H,3,6-7,13-19H2,1-2H3;1H/t23-,25+;/m0./s1. The number of halogens is 1. The second kappa shape index (κ2) is 11.0. The van der Waals surface area contributed by atoms with Crippen molar-refractivity contribution in [2.45, 2.75) is 57.0 Å². The highest BCUT2D eigenvalue weighted by Crippen LogP contribution is 2.44. The van der Waals surface area contributed by atoms with Gasteiger partial charge in [0.15, 0.2) is 0 Å². The Bertz CT molecular complexity index is 1070. The molecule has 1 aliphatic carbocycles. The van der Waals surface area contributed by atoms with Crippen LogP contribution in [0.25, 0.3) is 0 Å². The Balaban J connectivity index is 0.00000289. The summed E-state index contributed by atoms with van der Waals surface area (Å²) in [7, 11) is 3.43. The molecule has 2 aromatic rings. The van der Waals surface area contributed by atoms with Crippen molar-refractivity contribution < 1.29 is 14.3 Å². The van der Waals surface area contributed by atoms with E-state index in [0.717, 1.165) is 68.7 Å². The second-order valence-corrected chi connectivity index (χ2v) is 10.1. The summed E-state index contributed by atoms with van der Waals surface area (Å²) in [6, 6.07) is 14.7. The quantitative estimate of drug-likeness (QED) is 0.499. The summed E-state index contributed by atoms with van der Waals surface area (Å²) in [4.78, 5) is 30.8. The third-order valence-corrected chi connectivity index (χ3v) is 7.75. The molecule has 6 nitrogen and oxygen atoms in total. The van der Waals surface area contributed by atoms with Gasteiger partial charge in [0.2, 0.25) is 0 Å². The summed E-state index contributed by atoms with van der Waals surface area (Å²) >= 11 is 0. The van der Waals surface area contributed by atoms with Crippen molar-refractivity contribution in [2.75, 3.05) is 33.7 Å². The molecule has 0 radical (unpaired) electrons. The van der Waals surface area contributed by atoms with Crippen LogP contribution in [0.2, 0.25) is 0 Å². The Hall–Kier alpha value is -2.57. The lowest BCUT2D eigenvalue weighted by atomic mass is 9.79. The Labute approximate surface area is 214 Å². The Morgan fingerprint density at radius 3 is 2.63 bits per heavy atom. The summed E-state index contributed by atoms with van der Waals surface area (Å²) in [5.41, 5.74) is 4.63. The molecule has 1 fully saturated rings. The third kappa shape index (κ3) is 5.19. The average Bonchev–Trinajstić information content (AvgIpc) is 3.40. The molecular formula is C28H36ClN3O3. The number of fused-ring (bicyclic) bond motifs is 4. The second-order valence-electron chi connectivity index (χ2n) is 10.1. The van der Waals surface area contributed by atoms with Crippen LogP contribution in [0.5, 0.6) is 5.75 Å². The van der Waals surface area contributed by atoms with Crippen molar-refractivity contribution in [1.29, 1.82) is 0 Å². The molecule has 0 spiro atoms. The molecule has 2 amide bonds. The van der Waals surface area contributed by atoms with Crippen molar-refractivity contribution in [3.63, 3.8) is 0 Å². The molecule has 0 unspecified atom stereocenters. The average molecular weight is 498 g/mol. The number of hydrogen-bond donors (Lipinski definition) is 0. The molecule has 35 heavy (non-hydrogen) atoms. The van der Waals surface area contributed by atoms with Gasteiger partial charge < -0.3 is 14.5 Å². The van der Waals surface area contributed by atoms with Crippen molar-refractivity contribution in [3.05, 3.63) is 64.7 Å². The summed E-state index contributed by atoms with van der Waals surface area (Å²) in [5, 5.41) is 0. The van der Waals surface area contributed by atoms with Crippen LogP contribution in [0.15, 0.2) is 42.5 Å². The lowest BCUT2D eigenvalue weighted by Crippen LogP contribution is -2.36. The first-order valence-electron chi connectivity index (χ1n) is 12.6. The van der Waals surface area contributed by atoms with Gasteiger partial charge in [0, 0.05) is 44.7 Å². The van der Waals surface area contributed by atoms with Gasteiger partial charge in [-0.3, -0.25) is 9.69 Å². The Morgan fingerprint density at radius 2 is 1.83 bits per heavy atom. The molecule has 0 aromatic heterocycles. The minimum atomic E-state index is -0.317. The largest absolute Gasteiger partial charge is 0.414 e. The van der Waals surface area contributed by atoms with E-state index < -0.39 is 0 Å². The number of unbranched alkanes of at least 4 members (excludes halogenated alkanes) is 2. The maximum Gasteiger partial charge on any atom is 0.414 e. The predicted octanol–water partition coefficient (Wildman–Crippen LogP) is 5.10. The molecule has 2 heterocycles. The van der Waals surface area contributed by atoms with Crippen LogP contribution in [0.4, 0.5) is 4.79 Å². The van der Waals surface area contributed by atoms with Crippen molar-refractivity contribution in [1.82, 2.24) is 14.7 Å². The number of ether oxygens (including phenoxy) is 1. The molecule has 1 saturated heterocycles. The fourth-order valence-corrected chi connectivity index (χ4v) is 6.00. The van der Waals surface area contributed by atoms with E-state index in [-0.39, 0.29) is 24.4 Å². The number of amides is 2. The van der Waals surface area contributed by atoms with Crippen LogP contribution in [-0.2, 0) is 13.0 Å². The number of rotatable bonds is 7. The topological polar surface area (TPSA) is 53.1 Å². The number of carbonyl (C=O) groups excluding carboxylic acids is 2. The van der Waals surface area contributed by atoms with Gasteiger partial charge in [-0.1, -0.05) is 36.8 Å². The van der Waals surface area contributed by atoms with Crippen molar-refractivity contribution in [3.8, 4) is 5.75 Å². The monoisotopic (exact) mass is 497 g/mol. The smallest absolute Gasteiger partial charge is 0.410 e. The minimum Gasteiger partial charge on any atom is -0.410 e. The molecule has 0 saturated carbocycles.